The Kier molecular flexibility index (Phi) is 3.25. The fraction of sp³-hybridized carbons (Fsp3) is 0.250. The molecule has 0 spiro atoms. The van der Waals surface area contributed by atoms with Crippen molar-refractivity contribution in [2.75, 3.05) is 13.2 Å². The molecule has 5 rings (SSSR count). The predicted molar refractivity (Wildman–Crippen MR) is 91.7 cm³/mol. The fourth-order valence-electron chi connectivity index (χ4n) is 3.77. The highest BCUT2D eigenvalue weighted by molar-refractivity contribution is 5.88. The number of nitrogens with one attached hydrogen (secondary N) is 1. The van der Waals surface area contributed by atoms with Gasteiger partial charge in [-0.3, -0.25) is 10.3 Å². The number of aromatic nitrogens is 1. The minimum Gasteiger partial charge on any atom is -0.493 e. The Balaban J connectivity index is 1.59. The third kappa shape index (κ3) is 2.19. The Bertz CT molecular complexity index is 881. The molecule has 4 heteroatoms. The maximum atomic E-state index is 6.03. The molecule has 0 unspecified atom stereocenters. The summed E-state index contributed by atoms with van der Waals surface area (Å²) >= 11 is 0. The molecule has 0 amide bonds. The Morgan fingerprint density at radius 2 is 1.96 bits per heavy atom. The Morgan fingerprint density at radius 3 is 2.88 bits per heavy atom. The molecule has 3 heterocycles. The number of pyridine rings is 1. The predicted octanol–water partition coefficient (Wildman–Crippen LogP) is 3.60. The summed E-state index contributed by atoms with van der Waals surface area (Å²) in [6.45, 7) is 1.36. The van der Waals surface area contributed by atoms with Crippen LogP contribution in [0.3, 0.4) is 0 Å². The summed E-state index contributed by atoms with van der Waals surface area (Å²) < 4.78 is 12.0. The summed E-state index contributed by atoms with van der Waals surface area (Å²) in [7, 11) is 0. The van der Waals surface area contributed by atoms with Crippen molar-refractivity contribution in [2.45, 2.75) is 12.3 Å². The minimum atomic E-state index is -0.134. The second-order valence-corrected chi connectivity index (χ2v) is 6.41. The van der Waals surface area contributed by atoms with E-state index in [-0.39, 0.29) is 12.3 Å². The normalized spacial score (nSPS) is 25.6. The maximum Gasteiger partial charge on any atom is 0.136 e. The topological polar surface area (TPSA) is 43.4 Å². The zero-order valence-electron chi connectivity index (χ0n) is 13.2. The molecule has 1 N–H and O–H groups in total. The first kappa shape index (κ1) is 14.0. The summed E-state index contributed by atoms with van der Waals surface area (Å²) in [5.41, 5.74) is 2.31. The molecular weight excluding hydrogens is 300 g/mol. The van der Waals surface area contributed by atoms with Crippen molar-refractivity contribution in [1.82, 2.24) is 10.3 Å². The highest BCUT2D eigenvalue weighted by Gasteiger charge is 2.38. The van der Waals surface area contributed by atoms with Crippen LogP contribution in [-0.4, -0.2) is 18.2 Å². The van der Waals surface area contributed by atoms with Crippen molar-refractivity contribution in [3.8, 4) is 5.75 Å². The van der Waals surface area contributed by atoms with Crippen molar-refractivity contribution >= 4 is 10.8 Å². The van der Waals surface area contributed by atoms with E-state index in [0.717, 1.165) is 11.3 Å². The lowest BCUT2D eigenvalue weighted by Crippen LogP contribution is -2.45. The van der Waals surface area contributed by atoms with Gasteiger partial charge < -0.3 is 9.47 Å². The lowest BCUT2D eigenvalue weighted by molar-refractivity contribution is -0.0709. The highest BCUT2D eigenvalue weighted by atomic mass is 16.5. The van der Waals surface area contributed by atoms with Crippen LogP contribution in [-0.2, 0) is 4.74 Å². The number of nitrogens with zero attached hydrogens (tertiary/aromatic N) is 1. The van der Waals surface area contributed by atoms with Gasteiger partial charge in [-0.1, -0.05) is 36.4 Å². The van der Waals surface area contributed by atoms with Crippen LogP contribution in [0.4, 0.5) is 0 Å². The first-order chi connectivity index (χ1) is 11.9. The van der Waals surface area contributed by atoms with Crippen LogP contribution in [0.5, 0.6) is 5.75 Å². The molecule has 24 heavy (non-hydrogen) atoms. The molecule has 1 fully saturated rings. The van der Waals surface area contributed by atoms with Crippen molar-refractivity contribution in [3.63, 3.8) is 0 Å². The SMILES string of the molecule is c1cncc([C@H]2N[C@H]3c4c(ccc5ccccc45)OC[C@H]3CO2)c1. The third-order valence-electron chi connectivity index (χ3n) is 4.96. The van der Waals surface area contributed by atoms with Gasteiger partial charge in [0.05, 0.1) is 13.2 Å². The monoisotopic (exact) mass is 318 g/mol. The average Bonchev–Trinajstić information content (AvgIpc) is 2.67. The van der Waals surface area contributed by atoms with Gasteiger partial charge in [-0.05, 0) is 22.9 Å². The van der Waals surface area contributed by atoms with Gasteiger partial charge in [0, 0.05) is 35.5 Å². The van der Waals surface area contributed by atoms with Crippen molar-refractivity contribution in [1.29, 1.82) is 0 Å². The smallest absolute Gasteiger partial charge is 0.136 e. The van der Waals surface area contributed by atoms with Crippen LogP contribution < -0.4 is 10.1 Å². The molecule has 2 aliphatic heterocycles. The number of ether oxygens (including phenoxy) is 2. The Morgan fingerprint density at radius 1 is 1.00 bits per heavy atom. The van der Waals surface area contributed by atoms with E-state index in [9.17, 15) is 0 Å². The second-order valence-electron chi connectivity index (χ2n) is 6.41. The summed E-state index contributed by atoms with van der Waals surface area (Å²) in [4.78, 5) is 4.21. The molecular formula is C20H18N2O2. The quantitative estimate of drug-likeness (QED) is 0.744. The zero-order valence-corrected chi connectivity index (χ0v) is 13.2. The average molecular weight is 318 g/mol. The largest absolute Gasteiger partial charge is 0.493 e. The Hall–Kier alpha value is -2.43. The number of rotatable bonds is 1. The first-order valence-electron chi connectivity index (χ1n) is 8.32. The van der Waals surface area contributed by atoms with Crippen LogP contribution in [0, 0.1) is 5.92 Å². The van der Waals surface area contributed by atoms with Gasteiger partial charge in [-0.2, -0.15) is 0 Å². The van der Waals surface area contributed by atoms with Gasteiger partial charge in [-0.15, -0.1) is 0 Å². The van der Waals surface area contributed by atoms with Gasteiger partial charge in [-0.25, -0.2) is 0 Å². The van der Waals surface area contributed by atoms with E-state index in [1.165, 1.54) is 16.3 Å². The molecule has 0 saturated carbocycles. The van der Waals surface area contributed by atoms with E-state index in [1.54, 1.807) is 6.20 Å². The summed E-state index contributed by atoms with van der Waals surface area (Å²) in [5.74, 6) is 1.30. The highest BCUT2D eigenvalue weighted by Crippen LogP contribution is 2.43. The number of fused-ring (bicyclic) bond motifs is 5. The molecule has 0 bridgehead atoms. The van der Waals surface area contributed by atoms with Crippen LogP contribution in [0.2, 0.25) is 0 Å². The summed E-state index contributed by atoms with van der Waals surface area (Å²) in [5, 5.41) is 6.17. The molecule has 2 aromatic carbocycles. The van der Waals surface area contributed by atoms with E-state index in [4.69, 9.17) is 9.47 Å². The molecule has 120 valence electrons. The third-order valence-corrected chi connectivity index (χ3v) is 4.96. The Labute approximate surface area is 140 Å². The standard InChI is InChI=1S/C20H18N2O2/c1-2-6-16-13(4-1)7-8-17-18(16)19-15(11-23-17)12-24-20(22-19)14-5-3-9-21-10-14/h1-10,15,19-20,22H,11-12H2/t15-,19+,20-/m0/s1. The van der Waals surface area contributed by atoms with Crippen LogP contribution in [0.1, 0.15) is 23.4 Å². The molecule has 3 atom stereocenters. The molecule has 1 aromatic heterocycles. The maximum absolute atomic E-state index is 6.03. The van der Waals surface area contributed by atoms with Crippen molar-refractivity contribution in [3.05, 3.63) is 72.1 Å². The molecule has 0 radical (unpaired) electrons. The van der Waals surface area contributed by atoms with Gasteiger partial charge in [0.2, 0.25) is 0 Å². The van der Waals surface area contributed by atoms with Gasteiger partial charge in [0.15, 0.2) is 0 Å². The summed E-state index contributed by atoms with van der Waals surface area (Å²) in [6.07, 6.45) is 3.51. The van der Waals surface area contributed by atoms with E-state index < -0.39 is 0 Å². The molecule has 3 aromatic rings. The van der Waals surface area contributed by atoms with Crippen LogP contribution in [0.15, 0.2) is 60.9 Å². The van der Waals surface area contributed by atoms with Gasteiger partial charge in [0.1, 0.15) is 12.0 Å². The molecule has 0 aliphatic carbocycles. The van der Waals surface area contributed by atoms with E-state index in [0.29, 0.717) is 19.1 Å². The molecule has 4 nitrogen and oxygen atoms in total. The van der Waals surface area contributed by atoms with E-state index >= 15 is 0 Å². The van der Waals surface area contributed by atoms with Crippen LogP contribution in [0.25, 0.3) is 10.8 Å². The zero-order chi connectivity index (χ0) is 15.9. The number of benzene rings is 2. The van der Waals surface area contributed by atoms with E-state index in [2.05, 4.69) is 46.7 Å². The number of hydrogen-bond donors (Lipinski definition) is 1. The fourth-order valence-corrected chi connectivity index (χ4v) is 3.77. The van der Waals surface area contributed by atoms with Crippen molar-refractivity contribution < 1.29 is 9.47 Å². The van der Waals surface area contributed by atoms with Crippen LogP contribution >= 0.6 is 0 Å². The second kappa shape index (κ2) is 5.58. The number of hydrogen-bond acceptors (Lipinski definition) is 4. The molecule has 2 aliphatic rings. The van der Waals surface area contributed by atoms with Gasteiger partial charge >= 0.3 is 0 Å². The van der Waals surface area contributed by atoms with Crippen molar-refractivity contribution in [2.24, 2.45) is 5.92 Å². The van der Waals surface area contributed by atoms with Gasteiger partial charge in [0.25, 0.3) is 0 Å². The molecule has 1 saturated heterocycles. The van der Waals surface area contributed by atoms with E-state index in [1.807, 2.05) is 18.3 Å². The summed E-state index contributed by atoms with van der Waals surface area (Å²) in [6, 6.07) is 16.9. The lowest BCUT2D eigenvalue weighted by Gasteiger charge is -2.41. The minimum absolute atomic E-state index is 0.134. The lowest BCUT2D eigenvalue weighted by atomic mass is 9.86. The first-order valence-corrected chi connectivity index (χ1v) is 8.32.